The number of aromatic amines is 1. The summed E-state index contributed by atoms with van der Waals surface area (Å²) in [5.74, 6) is -2.51. The van der Waals surface area contributed by atoms with Crippen molar-refractivity contribution in [3.05, 3.63) is 47.7 Å². The maximum absolute atomic E-state index is 9.55. The van der Waals surface area contributed by atoms with Crippen LogP contribution < -0.4 is 5.32 Å². The van der Waals surface area contributed by atoms with Crippen LogP contribution >= 0.6 is 0 Å². The Kier molecular flexibility index (Phi) is 6.54. The molecule has 0 saturated heterocycles. The standard InChI is InChI=1S/C15H20N2O.C4H4O4/c1-15(8-9-16-2)14-12(7-10-18-15)11-5-3-4-6-13(11)17-14;5-3(6)1-2-4(7)8/h3-6,16-17H,7-10H2,1-2H3;1-2H,(H,5,6)(H,7,8)/b;2-1-. The molecule has 2 aromatic rings. The number of fused-ring (bicyclic) bond motifs is 3. The molecule has 1 atom stereocenters. The molecule has 2 heterocycles. The number of carboxylic acid groups (broad SMARTS) is 2. The zero-order valence-electron chi connectivity index (χ0n) is 14.9. The van der Waals surface area contributed by atoms with E-state index >= 15 is 0 Å². The fraction of sp³-hybridized carbons (Fsp3) is 0.368. The molecular formula is C19H24N2O5. The lowest BCUT2D eigenvalue weighted by Gasteiger charge is -2.34. The number of carboxylic acids is 2. The summed E-state index contributed by atoms with van der Waals surface area (Å²) in [6.45, 7) is 3.97. The molecule has 1 aromatic carbocycles. The Bertz CT molecular complexity index is 795. The van der Waals surface area contributed by atoms with Crippen molar-refractivity contribution in [2.45, 2.75) is 25.4 Å². The minimum atomic E-state index is -1.26. The smallest absolute Gasteiger partial charge is 0.328 e. The minimum Gasteiger partial charge on any atom is -0.478 e. The quantitative estimate of drug-likeness (QED) is 0.609. The Hall–Kier alpha value is -2.64. The number of aliphatic carboxylic acids is 2. The van der Waals surface area contributed by atoms with Crippen molar-refractivity contribution in [3.63, 3.8) is 0 Å². The minimum absolute atomic E-state index is 0.185. The van der Waals surface area contributed by atoms with Crippen LogP contribution in [0, 0.1) is 0 Å². The first-order valence-electron chi connectivity index (χ1n) is 8.40. The van der Waals surface area contributed by atoms with Crippen molar-refractivity contribution >= 4 is 22.8 Å². The molecule has 1 aliphatic heterocycles. The number of benzene rings is 1. The highest BCUT2D eigenvalue weighted by molar-refractivity contribution is 5.89. The molecule has 1 aliphatic rings. The molecule has 1 unspecified atom stereocenters. The van der Waals surface area contributed by atoms with Gasteiger partial charge in [-0.25, -0.2) is 9.59 Å². The van der Waals surface area contributed by atoms with Crippen molar-refractivity contribution < 1.29 is 24.5 Å². The Balaban J connectivity index is 0.000000260. The average Bonchev–Trinajstić information content (AvgIpc) is 3.00. The molecule has 0 amide bonds. The van der Waals surface area contributed by atoms with Crippen molar-refractivity contribution in [3.8, 4) is 0 Å². The van der Waals surface area contributed by atoms with Crippen LogP contribution in [0.25, 0.3) is 10.9 Å². The summed E-state index contributed by atoms with van der Waals surface area (Å²) >= 11 is 0. The Labute approximate surface area is 151 Å². The third-order valence-electron chi connectivity index (χ3n) is 4.34. The topological polar surface area (TPSA) is 112 Å². The number of carbonyl (C=O) groups is 2. The maximum atomic E-state index is 9.55. The number of ether oxygens (including phenoxy) is 1. The van der Waals surface area contributed by atoms with Crippen molar-refractivity contribution in [1.82, 2.24) is 10.3 Å². The van der Waals surface area contributed by atoms with Crippen LogP contribution in [0.3, 0.4) is 0 Å². The molecule has 140 valence electrons. The summed E-state index contributed by atoms with van der Waals surface area (Å²) in [6.07, 6.45) is 3.11. The highest BCUT2D eigenvalue weighted by Crippen LogP contribution is 2.38. The van der Waals surface area contributed by atoms with E-state index in [1.807, 2.05) is 7.05 Å². The third-order valence-corrected chi connectivity index (χ3v) is 4.34. The molecule has 7 nitrogen and oxygen atoms in total. The fourth-order valence-electron chi connectivity index (χ4n) is 3.06. The third kappa shape index (κ3) is 4.71. The molecule has 0 saturated carbocycles. The van der Waals surface area contributed by atoms with Gasteiger partial charge in [-0.1, -0.05) is 18.2 Å². The van der Waals surface area contributed by atoms with Gasteiger partial charge in [-0.05, 0) is 45.0 Å². The summed E-state index contributed by atoms with van der Waals surface area (Å²) in [5, 5.41) is 20.2. The second-order valence-corrected chi connectivity index (χ2v) is 6.22. The molecule has 1 aromatic heterocycles. The summed E-state index contributed by atoms with van der Waals surface area (Å²) < 4.78 is 6.05. The molecule has 0 radical (unpaired) electrons. The summed E-state index contributed by atoms with van der Waals surface area (Å²) in [6, 6.07) is 8.54. The van der Waals surface area contributed by atoms with E-state index in [2.05, 4.69) is 41.5 Å². The highest BCUT2D eigenvalue weighted by Gasteiger charge is 2.35. The first-order valence-corrected chi connectivity index (χ1v) is 8.40. The van der Waals surface area contributed by atoms with Gasteiger partial charge in [0.25, 0.3) is 0 Å². The molecule has 0 fully saturated rings. The number of rotatable bonds is 5. The zero-order chi connectivity index (χ0) is 19.2. The van der Waals surface area contributed by atoms with Crippen LogP contribution in [-0.2, 0) is 26.3 Å². The first-order chi connectivity index (χ1) is 12.4. The molecule has 0 aliphatic carbocycles. The van der Waals surface area contributed by atoms with Crippen molar-refractivity contribution in [2.75, 3.05) is 20.2 Å². The molecule has 3 rings (SSSR count). The summed E-state index contributed by atoms with van der Waals surface area (Å²) in [4.78, 5) is 22.7. The highest BCUT2D eigenvalue weighted by atomic mass is 16.5. The number of nitrogens with one attached hydrogen (secondary N) is 2. The summed E-state index contributed by atoms with van der Waals surface area (Å²) in [7, 11) is 1.98. The molecule has 0 spiro atoms. The van der Waals surface area contributed by atoms with Gasteiger partial charge >= 0.3 is 11.9 Å². The predicted octanol–water partition coefficient (Wildman–Crippen LogP) is 2.28. The molecule has 7 heteroatoms. The lowest BCUT2D eigenvalue weighted by Crippen LogP contribution is -2.35. The van der Waals surface area contributed by atoms with Gasteiger partial charge in [0.15, 0.2) is 0 Å². The molecular weight excluding hydrogens is 336 g/mol. The predicted molar refractivity (Wildman–Crippen MR) is 98.3 cm³/mol. The zero-order valence-corrected chi connectivity index (χ0v) is 14.9. The number of hydrogen-bond donors (Lipinski definition) is 4. The van der Waals surface area contributed by atoms with Gasteiger partial charge in [-0.3, -0.25) is 0 Å². The largest absolute Gasteiger partial charge is 0.478 e. The monoisotopic (exact) mass is 360 g/mol. The van der Waals surface area contributed by atoms with Gasteiger partial charge in [0, 0.05) is 23.1 Å². The van der Waals surface area contributed by atoms with E-state index in [1.165, 1.54) is 22.2 Å². The lowest BCUT2D eigenvalue weighted by molar-refractivity contribution is -0.134. The van der Waals surface area contributed by atoms with Gasteiger partial charge in [-0.2, -0.15) is 0 Å². The van der Waals surface area contributed by atoms with E-state index in [0.29, 0.717) is 12.2 Å². The molecule has 0 bridgehead atoms. The van der Waals surface area contributed by atoms with Crippen LogP contribution in [0.1, 0.15) is 24.6 Å². The number of aromatic nitrogens is 1. The Morgan fingerprint density at radius 2 is 1.92 bits per heavy atom. The van der Waals surface area contributed by atoms with Gasteiger partial charge in [-0.15, -0.1) is 0 Å². The number of H-pyrrole nitrogens is 1. The van der Waals surface area contributed by atoms with Crippen LogP contribution in [0.15, 0.2) is 36.4 Å². The SMILES string of the molecule is CNCCC1(C)OCCc2c1[nH]c1ccccc21.O=C(O)/C=C\C(=O)O. The summed E-state index contributed by atoms with van der Waals surface area (Å²) in [5.41, 5.74) is 3.75. The van der Waals surface area contributed by atoms with E-state index in [0.717, 1.165) is 26.0 Å². The van der Waals surface area contributed by atoms with Crippen molar-refractivity contribution in [1.29, 1.82) is 0 Å². The van der Waals surface area contributed by atoms with E-state index < -0.39 is 11.9 Å². The van der Waals surface area contributed by atoms with Crippen molar-refractivity contribution in [2.24, 2.45) is 0 Å². The van der Waals surface area contributed by atoms with E-state index in [1.54, 1.807) is 0 Å². The van der Waals surface area contributed by atoms with E-state index in [4.69, 9.17) is 14.9 Å². The van der Waals surface area contributed by atoms with E-state index in [-0.39, 0.29) is 5.60 Å². The Morgan fingerprint density at radius 3 is 2.54 bits per heavy atom. The van der Waals surface area contributed by atoms with Gasteiger partial charge < -0.3 is 25.3 Å². The van der Waals surface area contributed by atoms with Gasteiger partial charge in [0.1, 0.15) is 5.60 Å². The lowest BCUT2D eigenvalue weighted by atomic mass is 9.90. The van der Waals surface area contributed by atoms with Crippen LogP contribution in [0.5, 0.6) is 0 Å². The van der Waals surface area contributed by atoms with Crippen LogP contribution in [0.2, 0.25) is 0 Å². The average molecular weight is 360 g/mol. The molecule has 26 heavy (non-hydrogen) atoms. The second kappa shape index (κ2) is 8.64. The van der Waals surface area contributed by atoms with Gasteiger partial charge in [0.05, 0.1) is 12.3 Å². The van der Waals surface area contributed by atoms with Gasteiger partial charge in [0.2, 0.25) is 0 Å². The van der Waals surface area contributed by atoms with Crippen LogP contribution in [0.4, 0.5) is 0 Å². The maximum Gasteiger partial charge on any atom is 0.328 e. The van der Waals surface area contributed by atoms with E-state index in [9.17, 15) is 9.59 Å². The first kappa shape index (κ1) is 19.7. The number of para-hydroxylation sites is 1. The fourth-order valence-corrected chi connectivity index (χ4v) is 3.06. The molecule has 4 N–H and O–H groups in total. The normalized spacial score (nSPS) is 19.0. The van der Waals surface area contributed by atoms with Crippen LogP contribution in [-0.4, -0.2) is 47.3 Å². The second-order valence-electron chi connectivity index (χ2n) is 6.22. The Morgan fingerprint density at radius 1 is 1.27 bits per heavy atom. The number of hydrogen-bond acceptors (Lipinski definition) is 4.